The number of hydrogen-bond acceptors (Lipinski definition) is 3. The van der Waals surface area contributed by atoms with Crippen LogP contribution in [0.4, 0.5) is 0 Å². The van der Waals surface area contributed by atoms with Crippen molar-refractivity contribution in [2.24, 2.45) is 0 Å². The molecule has 2 heterocycles. The van der Waals surface area contributed by atoms with E-state index in [1.807, 2.05) is 30.3 Å². The summed E-state index contributed by atoms with van der Waals surface area (Å²) in [6.45, 7) is 0. The van der Waals surface area contributed by atoms with Gasteiger partial charge in [0.15, 0.2) is 0 Å². The van der Waals surface area contributed by atoms with Crippen molar-refractivity contribution in [2.45, 2.75) is 9.79 Å². The molecule has 4 rings (SSSR count). The van der Waals surface area contributed by atoms with Crippen LogP contribution in [0.2, 0.25) is 0 Å². The molecule has 0 fully saturated rings. The van der Waals surface area contributed by atoms with Crippen LogP contribution in [0.1, 0.15) is 0 Å². The molecule has 3 nitrogen and oxygen atoms in total. The molecule has 0 atom stereocenters. The van der Waals surface area contributed by atoms with E-state index in [1.165, 1.54) is 3.27 Å². The zero-order chi connectivity index (χ0) is 14.4. The molecular weight excluding hydrogens is 481 g/mol. The topological polar surface area (TPSA) is 47.3 Å². The Hall–Kier alpha value is -1.45. The van der Waals surface area contributed by atoms with E-state index < -0.39 is 31.6 Å². The van der Waals surface area contributed by atoms with Crippen LogP contribution in [-0.2, 0) is 9.84 Å². The second-order valence-electron chi connectivity index (χ2n) is 4.76. The first-order chi connectivity index (χ1) is 10.2. The standard InChI is InChI=1S/C12H8O2S.C4H3O.Bi/c13-15(14,11-7-3-1-4-8-11)12-9-5-2-6-10-12;1-2-4-5-3-1;/h1-7,9H;1,3-4H;. The number of benzene rings is 2. The summed E-state index contributed by atoms with van der Waals surface area (Å²) in [5.74, 6) is 0. The Bertz CT molecular complexity index is 861. The minimum absolute atomic E-state index is 0.475. The van der Waals surface area contributed by atoms with Crippen molar-refractivity contribution < 1.29 is 12.8 Å². The SMILES string of the molecule is O=S1(=O)c2cccc[c]2[Bi]([c]2ccoc2)[c]2ccccc21. The molecule has 1 aromatic heterocycles. The molecule has 104 valence electrons. The number of fused-ring (bicyclic) bond motifs is 2. The Morgan fingerprint density at radius 1 is 0.810 bits per heavy atom. The third-order valence-corrected chi connectivity index (χ3v) is 16.4. The molecule has 0 unspecified atom stereocenters. The normalized spacial score (nSPS) is 16.2. The summed E-state index contributed by atoms with van der Waals surface area (Å²) >= 11 is -2.57. The van der Waals surface area contributed by atoms with Crippen LogP contribution in [0.15, 0.2) is 81.3 Å². The van der Waals surface area contributed by atoms with Gasteiger partial charge in [-0.15, -0.1) is 0 Å². The Morgan fingerprint density at radius 2 is 1.38 bits per heavy atom. The summed E-state index contributed by atoms with van der Waals surface area (Å²) in [6.07, 6.45) is 3.43. The first kappa shape index (κ1) is 13.2. The van der Waals surface area contributed by atoms with Crippen LogP contribution >= 0.6 is 0 Å². The van der Waals surface area contributed by atoms with Crippen LogP contribution < -0.4 is 9.81 Å². The number of furan rings is 1. The van der Waals surface area contributed by atoms with Gasteiger partial charge in [0.05, 0.1) is 0 Å². The molecule has 0 bridgehead atoms. The summed E-state index contributed by atoms with van der Waals surface area (Å²) in [4.78, 5) is 0.949. The molecule has 5 heteroatoms. The van der Waals surface area contributed by atoms with Crippen molar-refractivity contribution in [3.8, 4) is 0 Å². The molecule has 0 spiro atoms. The van der Waals surface area contributed by atoms with Gasteiger partial charge in [-0.1, -0.05) is 0 Å². The van der Waals surface area contributed by atoms with Crippen molar-refractivity contribution in [3.63, 3.8) is 0 Å². The summed E-state index contributed by atoms with van der Waals surface area (Å²) in [6, 6.07) is 16.8. The van der Waals surface area contributed by atoms with Gasteiger partial charge in [0.25, 0.3) is 0 Å². The molecule has 3 aromatic rings. The Balaban J connectivity index is 2.11. The first-order valence-corrected chi connectivity index (χ1v) is 13.1. The van der Waals surface area contributed by atoms with Crippen LogP contribution in [0, 0.1) is 0 Å². The van der Waals surface area contributed by atoms with Crippen molar-refractivity contribution in [1.82, 2.24) is 0 Å². The fraction of sp³-hybridized carbons (Fsp3) is 0. The molecular formula is C16H11BiO3S. The van der Waals surface area contributed by atoms with Gasteiger partial charge in [-0.25, -0.2) is 0 Å². The van der Waals surface area contributed by atoms with Crippen molar-refractivity contribution in [1.29, 1.82) is 0 Å². The summed E-state index contributed by atoms with van der Waals surface area (Å²) < 4.78 is 34.1. The number of sulfone groups is 1. The molecule has 0 N–H and O–H groups in total. The van der Waals surface area contributed by atoms with E-state index >= 15 is 0 Å². The van der Waals surface area contributed by atoms with Crippen LogP contribution in [0.3, 0.4) is 0 Å². The number of rotatable bonds is 1. The maximum absolute atomic E-state index is 12.8. The Labute approximate surface area is 130 Å². The van der Waals surface area contributed by atoms with Gasteiger partial charge in [0.1, 0.15) is 0 Å². The first-order valence-electron chi connectivity index (χ1n) is 6.45. The van der Waals surface area contributed by atoms with Gasteiger partial charge in [-0.05, 0) is 0 Å². The third-order valence-electron chi connectivity index (χ3n) is 3.56. The molecule has 0 saturated carbocycles. The quantitative estimate of drug-likeness (QED) is 0.372. The van der Waals surface area contributed by atoms with E-state index in [0.717, 1.165) is 6.54 Å². The van der Waals surface area contributed by atoms with Gasteiger partial charge < -0.3 is 0 Å². The molecule has 0 saturated heterocycles. The Kier molecular flexibility index (Phi) is 3.02. The van der Waals surface area contributed by atoms with Crippen LogP contribution in [0.5, 0.6) is 0 Å². The number of hydrogen-bond donors (Lipinski definition) is 0. The van der Waals surface area contributed by atoms with E-state index in [1.54, 1.807) is 36.8 Å². The monoisotopic (exact) mass is 492 g/mol. The van der Waals surface area contributed by atoms with E-state index in [4.69, 9.17) is 4.42 Å². The van der Waals surface area contributed by atoms with E-state index in [0.29, 0.717) is 9.79 Å². The van der Waals surface area contributed by atoms with Crippen molar-refractivity contribution >= 4 is 41.4 Å². The van der Waals surface area contributed by atoms with E-state index in [2.05, 4.69) is 0 Å². The molecule has 1 aliphatic heterocycles. The molecule has 0 radical (unpaired) electrons. The van der Waals surface area contributed by atoms with Gasteiger partial charge in [-0.3, -0.25) is 0 Å². The summed E-state index contributed by atoms with van der Waals surface area (Å²) in [7, 11) is -3.41. The second kappa shape index (κ2) is 4.79. The average Bonchev–Trinajstić information content (AvgIpc) is 3.02. The fourth-order valence-corrected chi connectivity index (χ4v) is 17.2. The fourth-order valence-electron chi connectivity index (χ4n) is 2.65. The minimum atomic E-state index is -3.41. The maximum atomic E-state index is 12.8. The molecule has 0 aliphatic carbocycles. The van der Waals surface area contributed by atoms with Gasteiger partial charge in [-0.2, -0.15) is 0 Å². The van der Waals surface area contributed by atoms with Gasteiger partial charge >= 0.3 is 131 Å². The predicted octanol–water partition coefficient (Wildman–Crippen LogP) is 0.942. The Morgan fingerprint density at radius 3 is 1.90 bits per heavy atom. The predicted molar refractivity (Wildman–Crippen MR) is 81.7 cm³/mol. The summed E-state index contributed by atoms with van der Waals surface area (Å²) in [5, 5.41) is 0. The molecule has 2 aromatic carbocycles. The average molecular weight is 492 g/mol. The molecule has 21 heavy (non-hydrogen) atoms. The molecule has 1 aliphatic rings. The zero-order valence-corrected chi connectivity index (χ0v) is 15.2. The van der Waals surface area contributed by atoms with Gasteiger partial charge in [0.2, 0.25) is 0 Å². The van der Waals surface area contributed by atoms with E-state index in [9.17, 15) is 8.42 Å². The second-order valence-corrected chi connectivity index (χ2v) is 15.0. The van der Waals surface area contributed by atoms with Gasteiger partial charge in [0, 0.05) is 0 Å². The zero-order valence-electron chi connectivity index (χ0n) is 10.9. The summed E-state index contributed by atoms with van der Waals surface area (Å²) in [5.41, 5.74) is 0. The third kappa shape index (κ3) is 1.91. The van der Waals surface area contributed by atoms with Crippen molar-refractivity contribution in [2.75, 3.05) is 0 Å². The van der Waals surface area contributed by atoms with E-state index in [-0.39, 0.29) is 0 Å². The molecule has 0 amide bonds. The van der Waals surface area contributed by atoms with Crippen molar-refractivity contribution in [3.05, 3.63) is 67.1 Å². The van der Waals surface area contributed by atoms with Crippen LogP contribution in [0.25, 0.3) is 0 Å². The van der Waals surface area contributed by atoms with Crippen LogP contribution in [-0.4, -0.2) is 30.2 Å².